The molecule has 1 aromatic heterocycles. The van der Waals surface area contributed by atoms with E-state index in [0.29, 0.717) is 11.6 Å². The minimum Gasteiger partial charge on any atom is -0.464 e. The Kier molecular flexibility index (Phi) is 4.83. The van der Waals surface area contributed by atoms with Crippen LogP contribution in [0.2, 0.25) is 10.0 Å². The summed E-state index contributed by atoms with van der Waals surface area (Å²) in [5, 5.41) is 0.281. The maximum atomic E-state index is 11.5. The van der Waals surface area contributed by atoms with E-state index in [2.05, 4.69) is 0 Å². The number of halogens is 2. The average Bonchev–Trinajstić information content (AvgIpc) is 2.22. The van der Waals surface area contributed by atoms with Crippen molar-refractivity contribution in [2.75, 3.05) is 6.61 Å². The van der Waals surface area contributed by atoms with E-state index >= 15 is 0 Å². The van der Waals surface area contributed by atoms with E-state index in [1.807, 2.05) is 6.92 Å². The quantitative estimate of drug-likeness (QED) is 0.782. The molecule has 0 aliphatic carbocycles. The number of carbonyl (C=O) groups is 1. The van der Waals surface area contributed by atoms with Crippen LogP contribution in [0.3, 0.4) is 0 Å². The van der Waals surface area contributed by atoms with Crippen LogP contribution in [0.15, 0.2) is 17.1 Å². The molecule has 0 aliphatic rings. The smallest absolute Gasteiger partial charge is 0.326 e. The minimum atomic E-state index is -0.484. The van der Waals surface area contributed by atoms with E-state index in [1.54, 1.807) is 0 Å². The maximum Gasteiger partial charge on any atom is 0.326 e. The fourth-order valence-corrected chi connectivity index (χ4v) is 1.59. The van der Waals surface area contributed by atoms with Gasteiger partial charge in [0, 0.05) is 6.20 Å². The second-order valence-corrected chi connectivity index (χ2v) is 4.00. The van der Waals surface area contributed by atoms with Crippen LogP contribution in [0.5, 0.6) is 0 Å². The number of esters is 1. The van der Waals surface area contributed by atoms with Crippen LogP contribution < -0.4 is 5.56 Å². The zero-order valence-electron chi connectivity index (χ0n) is 8.70. The van der Waals surface area contributed by atoms with Crippen LogP contribution in [0.4, 0.5) is 0 Å². The van der Waals surface area contributed by atoms with Crippen LogP contribution >= 0.6 is 23.2 Å². The van der Waals surface area contributed by atoms with Crippen molar-refractivity contribution in [3.63, 3.8) is 0 Å². The minimum absolute atomic E-state index is 0.0178. The highest BCUT2D eigenvalue weighted by molar-refractivity contribution is 6.34. The summed E-state index contributed by atoms with van der Waals surface area (Å²) in [5.41, 5.74) is -0.459. The standard InChI is InChI=1S/C10H11Cl2NO3/c1-2-3-16-9(14)6-13-5-7(11)4-8(12)10(13)15/h4-5H,2-3,6H2,1H3. The summed E-state index contributed by atoms with van der Waals surface area (Å²) in [6.45, 7) is 2.04. The van der Waals surface area contributed by atoms with Crippen molar-refractivity contribution in [1.29, 1.82) is 0 Å². The number of hydrogen-bond acceptors (Lipinski definition) is 3. The number of rotatable bonds is 4. The van der Waals surface area contributed by atoms with Gasteiger partial charge in [0.2, 0.25) is 0 Å². The van der Waals surface area contributed by atoms with Gasteiger partial charge in [0.1, 0.15) is 11.6 Å². The van der Waals surface area contributed by atoms with Gasteiger partial charge in [0.25, 0.3) is 5.56 Å². The van der Waals surface area contributed by atoms with E-state index in [9.17, 15) is 9.59 Å². The number of carbonyl (C=O) groups excluding carboxylic acids is 1. The maximum absolute atomic E-state index is 11.5. The van der Waals surface area contributed by atoms with Crippen LogP contribution in [0.1, 0.15) is 13.3 Å². The first-order chi connectivity index (χ1) is 7.54. The molecular formula is C10H11Cl2NO3. The molecule has 88 valence electrons. The molecule has 0 atom stereocenters. The second-order valence-electron chi connectivity index (χ2n) is 3.16. The molecule has 0 bridgehead atoms. The van der Waals surface area contributed by atoms with Gasteiger partial charge in [-0.3, -0.25) is 9.59 Å². The van der Waals surface area contributed by atoms with Crippen molar-refractivity contribution < 1.29 is 9.53 Å². The molecule has 1 heterocycles. The zero-order chi connectivity index (χ0) is 12.1. The number of pyridine rings is 1. The summed E-state index contributed by atoms with van der Waals surface area (Å²) in [6, 6.07) is 1.33. The summed E-state index contributed by atoms with van der Waals surface area (Å²) in [4.78, 5) is 22.8. The Hall–Kier alpha value is -1.00. The lowest BCUT2D eigenvalue weighted by atomic mass is 10.4. The lowest BCUT2D eigenvalue weighted by molar-refractivity contribution is -0.144. The first-order valence-electron chi connectivity index (χ1n) is 4.75. The van der Waals surface area contributed by atoms with E-state index in [1.165, 1.54) is 12.3 Å². The zero-order valence-corrected chi connectivity index (χ0v) is 10.2. The van der Waals surface area contributed by atoms with Gasteiger partial charge in [-0.15, -0.1) is 0 Å². The number of nitrogens with zero attached hydrogens (tertiary/aromatic N) is 1. The first-order valence-corrected chi connectivity index (χ1v) is 5.51. The number of aromatic nitrogens is 1. The van der Waals surface area contributed by atoms with Gasteiger partial charge in [-0.05, 0) is 12.5 Å². The van der Waals surface area contributed by atoms with E-state index in [-0.39, 0.29) is 11.6 Å². The molecule has 0 unspecified atom stereocenters. The highest BCUT2D eigenvalue weighted by Crippen LogP contribution is 2.11. The first kappa shape index (κ1) is 13.1. The molecule has 0 amide bonds. The molecule has 0 aromatic carbocycles. The van der Waals surface area contributed by atoms with Gasteiger partial charge in [-0.1, -0.05) is 30.1 Å². The predicted octanol–water partition coefficient (Wildman–Crippen LogP) is 2.11. The van der Waals surface area contributed by atoms with Crippen molar-refractivity contribution in [1.82, 2.24) is 4.57 Å². The molecular weight excluding hydrogens is 253 g/mol. The third-order valence-electron chi connectivity index (χ3n) is 1.78. The SMILES string of the molecule is CCCOC(=O)Cn1cc(Cl)cc(Cl)c1=O. The molecule has 16 heavy (non-hydrogen) atoms. The van der Waals surface area contributed by atoms with Crippen LogP contribution in [0, 0.1) is 0 Å². The van der Waals surface area contributed by atoms with Crippen molar-refractivity contribution in [3.8, 4) is 0 Å². The van der Waals surface area contributed by atoms with Crippen molar-refractivity contribution in [2.45, 2.75) is 19.9 Å². The highest BCUT2D eigenvalue weighted by atomic mass is 35.5. The van der Waals surface area contributed by atoms with Gasteiger partial charge < -0.3 is 9.30 Å². The lowest BCUT2D eigenvalue weighted by Crippen LogP contribution is -2.25. The Morgan fingerprint density at radius 3 is 2.81 bits per heavy atom. The van der Waals surface area contributed by atoms with Gasteiger partial charge >= 0.3 is 5.97 Å². The third kappa shape index (κ3) is 3.54. The van der Waals surface area contributed by atoms with Crippen LogP contribution in [-0.4, -0.2) is 17.1 Å². The van der Waals surface area contributed by atoms with Crippen LogP contribution in [-0.2, 0) is 16.1 Å². The lowest BCUT2D eigenvalue weighted by Gasteiger charge is -2.06. The fraction of sp³-hybridized carbons (Fsp3) is 0.400. The fourth-order valence-electron chi connectivity index (χ4n) is 1.08. The van der Waals surface area contributed by atoms with Gasteiger partial charge in [0.05, 0.1) is 11.6 Å². The van der Waals surface area contributed by atoms with Gasteiger partial charge in [-0.2, -0.15) is 0 Å². The molecule has 0 N–H and O–H groups in total. The largest absolute Gasteiger partial charge is 0.464 e. The van der Waals surface area contributed by atoms with E-state index < -0.39 is 11.5 Å². The summed E-state index contributed by atoms with van der Waals surface area (Å²) in [5.74, 6) is -0.484. The summed E-state index contributed by atoms with van der Waals surface area (Å²) >= 11 is 11.4. The van der Waals surface area contributed by atoms with E-state index in [4.69, 9.17) is 27.9 Å². The third-order valence-corrected chi connectivity index (χ3v) is 2.25. The molecule has 0 saturated carbocycles. The second kappa shape index (κ2) is 5.92. The summed E-state index contributed by atoms with van der Waals surface area (Å²) in [7, 11) is 0. The van der Waals surface area contributed by atoms with Crippen molar-refractivity contribution in [3.05, 3.63) is 32.7 Å². The van der Waals surface area contributed by atoms with Crippen molar-refractivity contribution >= 4 is 29.2 Å². The molecule has 0 spiro atoms. The molecule has 0 aliphatic heterocycles. The number of ether oxygens (including phenoxy) is 1. The molecule has 0 saturated heterocycles. The Labute approximate surface area is 103 Å². The van der Waals surface area contributed by atoms with E-state index in [0.717, 1.165) is 11.0 Å². The number of hydrogen-bond donors (Lipinski definition) is 0. The Balaban J connectivity index is 2.81. The molecule has 6 heteroatoms. The molecule has 1 aromatic rings. The molecule has 0 radical (unpaired) electrons. The molecule has 4 nitrogen and oxygen atoms in total. The monoisotopic (exact) mass is 263 g/mol. The van der Waals surface area contributed by atoms with Crippen LogP contribution in [0.25, 0.3) is 0 Å². The predicted molar refractivity (Wildman–Crippen MR) is 62.0 cm³/mol. The highest BCUT2D eigenvalue weighted by Gasteiger charge is 2.08. The van der Waals surface area contributed by atoms with Gasteiger partial charge in [0.15, 0.2) is 0 Å². The Bertz CT molecular complexity index is 442. The topological polar surface area (TPSA) is 48.3 Å². The summed E-state index contributed by atoms with van der Waals surface area (Å²) < 4.78 is 5.97. The Morgan fingerprint density at radius 1 is 1.50 bits per heavy atom. The van der Waals surface area contributed by atoms with Crippen molar-refractivity contribution in [2.24, 2.45) is 0 Å². The molecule has 0 fully saturated rings. The molecule has 1 rings (SSSR count). The van der Waals surface area contributed by atoms with Gasteiger partial charge in [-0.25, -0.2) is 0 Å². The summed E-state index contributed by atoms with van der Waals surface area (Å²) in [6.07, 6.45) is 2.08. The normalized spacial score (nSPS) is 10.2. The average molecular weight is 264 g/mol. The Morgan fingerprint density at radius 2 is 2.19 bits per heavy atom.